The first-order valence-corrected chi connectivity index (χ1v) is 4.73. The zero-order chi connectivity index (χ0) is 9.97. The van der Waals surface area contributed by atoms with Crippen LogP contribution < -0.4 is 0 Å². The number of rotatable bonds is 1. The SMILES string of the molecule is O=C(c1cn[nH]c1)N1CCC(O)CC1. The van der Waals surface area contributed by atoms with Crippen molar-refractivity contribution in [2.24, 2.45) is 0 Å². The van der Waals surface area contributed by atoms with Gasteiger partial charge in [-0.1, -0.05) is 0 Å². The molecule has 0 saturated carbocycles. The van der Waals surface area contributed by atoms with Gasteiger partial charge in [-0.25, -0.2) is 0 Å². The molecule has 0 atom stereocenters. The van der Waals surface area contributed by atoms with E-state index in [1.54, 1.807) is 11.1 Å². The van der Waals surface area contributed by atoms with E-state index in [9.17, 15) is 9.90 Å². The van der Waals surface area contributed by atoms with Crippen LogP contribution >= 0.6 is 0 Å². The van der Waals surface area contributed by atoms with Gasteiger partial charge in [-0.3, -0.25) is 9.89 Å². The highest BCUT2D eigenvalue weighted by atomic mass is 16.3. The van der Waals surface area contributed by atoms with Crippen molar-refractivity contribution in [2.75, 3.05) is 13.1 Å². The van der Waals surface area contributed by atoms with Crippen LogP contribution in [0.3, 0.4) is 0 Å². The molecule has 1 aromatic heterocycles. The van der Waals surface area contributed by atoms with Gasteiger partial charge >= 0.3 is 0 Å². The number of likely N-dealkylation sites (tertiary alicyclic amines) is 1. The van der Waals surface area contributed by atoms with Gasteiger partial charge in [0.25, 0.3) is 5.91 Å². The standard InChI is InChI=1S/C9H13N3O2/c13-8-1-3-12(4-2-8)9(14)7-5-10-11-6-7/h5-6,8,13H,1-4H2,(H,10,11). The number of hydrogen-bond acceptors (Lipinski definition) is 3. The monoisotopic (exact) mass is 195 g/mol. The smallest absolute Gasteiger partial charge is 0.257 e. The Balaban J connectivity index is 1.99. The first-order valence-electron chi connectivity index (χ1n) is 4.73. The van der Waals surface area contributed by atoms with Gasteiger partial charge in [-0.15, -0.1) is 0 Å². The number of carbonyl (C=O) groups excluding carboxylic acids is 1. The molecule has 1 aliphatic rings. The molecular formula is C9H13N3O2. The van der Waals surface area contributed by atoms with E-state index in [4.69, 9.17) is 0 Å². The number of aliphatic hydroxyl groups excluding tert-OH is 1. The Morgan fingerprint density at radius 3 is 2.86 bits per heavy atom. The molecule has 76 valence electrons. The van der Waals surface area contributed by atoms with Gasteiger partial charge in [0.15, 0.2) is 0 Å². The highest BCUT2D eigenvalue weighted by Crippen LogP contribution is 2.12. The number of H-pyrrole nitrogens is 1. The number of piperidine rings is 1. The van der Waals surface area contributed by atoms with Crippen LogP contribution in [0.2, 0.25) is 0 Å². The van der Waals surface area contributed by atoms with Crippen molar-refractivity contribution in [3.63, 3.8) is 0 Å². The van der Waals surface area contributed by atoms with Crippen molar-refractivity contribution in [2.45, 2.75) is 18.9 Å². The Morgan fingerprint density at radius 1 is 1.57 bits per heavy atom. The molecule has 1 aliphatic heterocycles. The summed E-state index contributed by atoms with van der Waals surface area (Å²) in [6.07, 6.45) is 4.21. The largest absolute Gasteiger partial charge is 0.393 e. The molecule has 0 bridgehead atoms. The molecule has 0 unspecified atom stereocenters. The van der Waals surface area contributed by atoms with E-state index in [1.165, 1.54) is 6.20 Å². The third-order valence-electron chi connectivity index (χ3n) is 2.50. The number of hydrogen-bond donors (Lipinski definition) is 2. The lowest BCUT2D eigenvalue weighted by Gasteiger charge is -2.29. The van der Waals surface area contributed by atoms with Gasteiger partial charge in [0, 0.05) is 19.3 Å². The summed E-state index contributed by atoms with van der Waals surface area (Å²) in [5, 5.41) is 15.6. The second kappa shape index (κ2) is 3.79. The zero-order valence-electron chi connectivity index (χ0n) is 7.81. The third kappa shape index (κ3) is 1.77. The molecular weight excluding hydrogens is 182 g/mol. The van der Waals surface area contributed by atoms with Crippen LogP contribution in [0.5, 0.6) is 0 Å². The first-order chi connectivity index (χ1) is 6.77. The Hall–Kier alpha value is -1.36. The van der Waals surface area contributed by atoms with E-state index in [2.05, 4.69) is 10.2 Å². The van der Waals surface area contributed by atoms with Crippen LogP contribution in [0.15, 0.2) is 12.4 Å². The number of aliphatic hydroxyl groups is 1. The number of amides is 1. The van der Waals surface area contributed by atoms with Crippen molar-refractivity contribution in [3.8, 4) is 0 Å². The lowest BCUT2D eigenvalue weighted by atomic mass is 10.1. The average molecular weight is 195 g/mol. The van der Waals surface area contributed by atoms with E-state index in [-0.39, 0.29) is 12.0 Å². The topological polar surface area (TPSA) is 69.2 Å². The van der Waals surface area contributed by atoms with Crippen LogP contribution in [0, 0.1) is 0 Å². The van der Waals surface area contributed by atoms with Crippen LogP contribution in [-0.2, 0) is 0 Å². The minimum Gasteiger partial charge on any atom is -0.393 e. The van der Waals surface area contributed by atoms with Crippen molar-refractivity contribution in [1.29, 1.82) is 0 Å². The molecule has 1 amide bonds. The quantitative estimate of drug-likeness (QED) is 0.663. The summed E-state index contributed by atoms with van der Waals surface area (Å²) in [6.45, 7) is 1.26. The van der Waals surface area contributed by atoms with E-state index < -0.39 is 0 Å². The lowest BCUT2D eigenvalue weighted by Crippen LogP contribution is -2.39. The molecule has 5 nitrogen and oxygen atoms in total. The predicted octanol–water partition coefficient (Wildman–Crippen LogP) is 0.00660. The van der Waals surface area contributed by atoms with E-state index in [0.717, 1.165) is 0 Å². The van der Waals surface area contributed by atoms with E-state index in [1.807, 2.05) is 0 Å². The van der Waals surface area contributed by atoms with Crippen LogP contribution in [0.25, 0.3) is 0 Å². The summed E-state index contributed by atoms with van der Waals surface area (Å²) in [4.78, 5) is 13.5. The van der Waals surface area contributed by atoms with Gasteiger partial charge in [-0.05, 0) is 12.8 Å². The summed E-state index contributed by atoms with van der Waals surface area (Å²) in [5.41, 5.74) is 0.585. The van der Waals surface area contributed by atoms with Crippen LogP contribution in [0.4, 0.5) is 0 Å². The Morgan fingerprint density at radius 2 is 2.29 bits per heavy atom. The van der Waals surface area contributed by atoms with Crippen molar-refractivity contribution >= 4 is 5.91 Å². The highest BCUT2D eigenvalue weighted by Gasteiger charge is 2.22. The minimum atomic E-state index is -0.247. The van der Waals surface area contributed by atoms with Crippen molar-refractivity contribution < 1.29 is 9.90 Å². The van der Waals surface area contributed by atoms with Gasteiger partial charge in [-0.2, -0.15) is 5.10 Å². The summed E-state index contributed by atoms with van der Waals surface area (Å²) >= 11 is 0. The summed E-state index contributed by atoms with van der Waals surface area (Å²) < 4.78 is 0. The number of nitrogens with zero attached hydrogens (tertiary/aromatic N) is 2. The molecule has 1 saturated heterocycles. The fourth-order valence-corrected chi connectivity index (χ4v) is 1.62. The highest BCUT2D eigenvalue weighted by molar-refractivity contribution is 5.93. The average Bonchev–Trinajstić information content (AvgIpc) is 2.71. The van der Waals surface area contributed by atoms with Gasteiger partial charge in [0.05, 0.1) is 17.9 Å². The molecule has 0 aliphatic carbocycles. The number of aromatic nitrogens is 2. The van der Waals surface area contributed by atoms with E-state index in [0.29, 0.717) is 31.5 Å². The molecule has 14 heavy (non-hydrogen) atoms. The fraction of sp³-hybridized carbons (Fsp3) is 0.556. The second-order valence-electron chi connectivity index (χ2n) is 3.51. The minimum absolute atomic E-state index is 0.00866. The Labute approximate surface area is 81.7 Å². The number of carbonyl (C=O) groups is 1. The maximum Gasteiger partial charge on any atom is 0.257 e. The normalized spacial score (nSPS) is 18.5. The van der Waals surface area contributed by atoms with Gasteiger partial charge < -0.3 is 10.0 Å². The fourth-order valence-electron chi connectivity index (χ4n) is 1.62. The molecule has 2 N–H and O–H groups in total. The maximum absolute atomic E-state index is 11.8. The Kier molecular flexibility index (Phi) is 2.49. The molecule has 2 rings (SSSR count). The van der Waals surface area contributed by atoms with Crippen LogP contribution in [-0.4, -0.2) is 45.3 Å². The summed E-state index contributed by atoms with van der Waals surface area (Å²) in [7, 11) is 0. The molecule has 0 radical (unpaired) electrons. The summed E-state index contributed by atoms with van der Waals surface area (Å²) in [5.74, 6) is -0.00866. The Bertz CT molecular complexity index is 302. The van der Waals surface area contributed by atoms with E-state index >= 15 is 0 Å². The second-order valence-corrected chi connectivity index (χ2v) is 3.51. The first kappa shape index (κ1) is 9.21. The molecule has 0 aromatic carbocycles. The molecule has 1 fully saturated rings. The van der Waals surface area contributed by atoms with Gasteiger partial charge in [0.2, 0.25) is 0 Å². The van der Waals surface area contributed by atoms with Crippen molar-refractivity contribution in [1.82, 2.24) is 15.1 Å². The third-order valence-corrected chi connectivity index (χ3v) is 2.50. The number of aromatic amines is 1. The zero-order valence-corrected chi connectivity index (χ0v) is 7.81. The van der Waals surface area contributed by atoms with Crippen LogP contribution in [0.1, 0.15) is 23.2 Å². The number of nitrogens with one attached hydrogen (secondary N) is 1. The lowest BCUT2D eigenvalue weighted by molar-refractivity contribution is 0.0546. The maximum atomic E-state index is 11.8. The molecule has 1 aromatic rings. The van der Waals surface area contributed by atoms with Gasteiger partial charge in [0.1, 0.15) is 0 Å². The molecule has 0 spiro atoms. The predicted molar refractivity (Wildman–Crippen MR) is 49.7 cm³/mol. The summed E-state index contributed by atoms with van der Waals surface area (Å²) in [6, 6.07) is 0. The van der Waals surface area contributed by atoms with Crippen molar-refractivity contribution in [3.05, 3.63) is 18.0 Å². The molecule has 5 heteroatoms. The molecule has 2 heterocycles.